The Labute approximate surface area is 135 Å². The van der Waals surface area contributed by atoms with E-state index in [2.05, 4.69) is 43.0 Å². The number of unbranched alkanes of at least 4 members (excludes halogenated alkanes) is 1. The van der Waals surface area contributed by atoms with Gasteiger partial charge in [-0.15, -0.1) is 0 Å². The number of hydrogen-bond acceptors (Lipinski definition) is 4. The van der Waals surface area contributed by atoms with E-state index in [4.69, 9.17) is 4.74 Å². The second-order valence-corrected chi connectivity index (χ2v) is 6.82. The first-order chi connectivity index (χ1) is 10.6. The van der Waals surface area contributed by atoms with Crippen LogP contribution < -0.4 is 10.1 Å². The molecule has 0 spiro atoms. The summed E-state index contributed by atoms with van der Waals surface area (Å²) in [4.78, 5) is 9.23. The van der Waals surface area contributed by atoms with Gasteiger partial charge in [0.2, 0.25) is 5.88 Å². The van der Waals surface area contributed by atoms with Crippen LogP contribution in [0.15, 0.2) is 6.07 Å². The molecule has 0 radical (unpaired) electrons. The molecular formula is C18H31N3O. The number of nitrogens with one attached hydrogen (secondary N) is 1. The molecule has 1 aliphatic carbocycles. The fourth-order valence-corrected chi connectivity index (χ4v) is 2.89. The highest BCUT2D eigenvalue weighted by Crippen LogP contribution is 2.27. The molecule has 1 saturated carbocycles. The van der Waals surface area contributed by atoms with E-state index in [0.29, 0.717) is 23.8 Å². The van der Waals surface area contributed by atoms with Crippen molar-refractivity contribution in [3.63, 3.8) is 0 Å². The van der Waals surface area contributed by atoms with Gasteiger partial charge in [-0.05, 0) is 25.2 Å². The van der Waals surface area contributed by atoms with Gasteiger partial charge in [0.05, 0.1) is 6.61 Å². The highest BCUT2D eigenvalue weighted by atomic mass is 16.5. The lowest BCUT2D eigenvalue weighted by Crippen LogP contribution is -2.30. The summed E-state index contributed by atoms with van der Waals surface area (Å²) < 4.78 is 5.80. The van der Waals surface area contributed by atoms with Crippen LogP contribution in [0.4, 0.5) is 5.82 Å². The predicted octanol–water partition coefficient (Wildman–Crippen LogP) is 4.77. The highest BCUT2D eigenvalue weighted by molar-refractivity contribution is 5.40. The maximum absolute atomic E-state index is 5.80. The molecule has 0 bridgehead atoms. The van der Waals surface area contributed by atoms with E-state index in [1.807, 2.05) is 6.07 Å². The van der Waals surface area contributed by atoms with Crippen molar-refractivity contribution in [2.24, 2.45) is 5.92 Å². The molecular weight excluding hydrogens is 274 g/mol. The molecule has 0 aliphatic heterocycles. The molecule has 2 atom stereocenters. The summed E-state index contributed by atoms with van der Waals surface area (Å²) in [6.07, 6.45) is 7.39. The quantitative estimate of drug-likeness (QED) is 0.737. The number of nitrogens with zero attached hydrogens (tertiary/aromatic N) is 2. The minimum Gasteiger partial charge on any atom is -0.478 e. The second kappa shape index (κ2) is 8.35. The van der Waals surface area contributed by atoms with Gasteiger partial charge in [0.15, 0.2) is 0 Å². The van der Waals surface area contributed by atoms with Crippen LogP contribution in [0.5, 0.6) is 5.88 Å². The van der Waals surface area contributed by atoms with E-state index in [0.717, 1.165) is 31.1 Å². The van der Waals surface area contributed by atoms with Crippen molar-refractivity contribution in [1.29, 1.82) is 0 Å². The van der Waals surface area contributed by atoms with Crippen LogP contribution in [0.3, 0.4) is 0 Å². The van der Waals surface area contributed by atoms with E-state index >= 15 is 0 Å². The Hall–Kier alpha value is -1.32. The van der Waals surface area contributed by atoms with Crippen LogP contribution >= 0.6 is 0 Å². The smallest absolute Gasteiger partial charge is 0.218 e. The fourth-order valence-electron chi connectivity index (χ4n) is 2.89. The van der Waals surface area contributed by atoms with E-state index in [-0.39, 0.29) is 0 Å². The molecule has 0 aromatic carbocycles. The maximum atomic E-state index is 5.80. The summed E-state index contributed by atoms with van der Waals surface area (Å²) in [6, 6.07) is 2.48. The fraction of sp³-hybridized carbons (Fsp3) is 0.778. The van der Waals surface area contributed by atoms with Crippen LogP contribution in [0.1, 0.15) is 78.0 Å². The minimum atomic E-state index is 0.305. The molecule has 22 heavy (non-hydrogen) atoms. The van der Waals surface area contributed by atoms with Gasteiger partial charge in [0.25, 0.3) is 0 Å². The molecule has 0 saturated heterocycles. The third kappa shape index (κ3) is 4.85. The topological polar surface area (TPSA) is 47.0 Å². The molecule has 2 rings (SSSR count). The SMILES string of the molecule is CCCCOc1cc(NC2CCCCC2C)nc(C(C)C)n1. The Morgan fingerprint density at radius 2 is 2.05 bits per heavy atom. The number of anilines is 1. The first-order valence-corrected chi connectivity index (χ1v) is 8.88. The van der Waals surface area contributed by atoms with Gasteiger partial charge in [-0.2, -0.15) is 4.98 Å². The van der Waals surface area contributed by atoms with E-state index < -0.39 is 0 Å². The third-order valence-electron chi connectivity index (χ3n) is 4.43. The molecule has 1 aromatic heterocycles. The molecule has 4 heteroatoms. The van der Waals surface area contributed by atoms with Crippen molar-refractivity contribution in [3.8, 4) is 5.88 Å². The lowest BCUT2D eigenvalue weighted by molar-refractivity contribution is 0.295. The van der Waals surface area contributed by atoms with Crippen molar-refractivity contribution in [3.05, 3.63) is 11.9 Å². The van der Waals surface area contributed by atoms with Crippen molar-refractivity contribution < 1.29 is 4.74 Å². The first-order valence-electron chi connectivity index (χ1n) is 8.88. The molecule has 4 nitrogen and oxygen atoms in total. The van der Waals surface area contributed by atoms with Crippen molar-refractivity contribution >= 4 is 5.82 Å². The molecule has 1 heterocycles. The Kier molecular flexibility index (Phi) is 6.47. The molecule has 0 amide bonds. The van der Waals surface area contributed by atoms with E-state index in [1.165, 1.54) is 25.7 Å². The van der Waals surface area contributed by atoms with Gasteiger partial charge < -0.3 is 10.1 Å². The summed E-state index contributed by atoms with van der Waals surface area (Å²) >= 11 is 0. The summed E-state index contributed by atoms with van der Waals surface area (Å²) in [6.45, 7) is 9.47. The Bertz CT molecular complexity index is 462. The molecule has 1 aliphatic rings. The largest absolute Gasteiger partial charge is 0.478 e. The third-order valence-corrected chi connectivity index (χ3v) is 4.43. The summed E-state index contributed by atoms with van der Waals surface area (Å²) in [5.74, 6) is 3.50. The number of hydrogen-bond donors (Lipinski definition) is 1. The molecule has 2 unspecified atom stereocenters. The zero-order chi connectivity index (χ0) is 15.9. The Morgan fingerprint density at radius 1 is 1.27 bits per heavy atom. The average molecular weight is 305 g/mol. The lowest BCUT2D eigenvalue weighted by atomic mass is 9.86. The number of ether oxygens (including phenoxy) is 1. The Morgan fingerprint density at radius 3 is 2.73 bits per heavy atom. The van der Waals surface area contributed by atoms with Crippen LogP contribution in [-0.4, -0.2) is 22.6 Å². The van der Waals surface area contributed by atoms with Crippen LogP contribution in [0.2, 0.25) is 0 Å². The normalized spacial score (nSPS) is 21.9. The van der Waals surface area contributed by atoms with Gasteiger partial charge in [0.1, 0.15) is 11.6 Å². The Balaban J connectivity index is 2.10. The van der Waals surface area contributed by atoms with E-state index in [9.17, 15) is 0 Å². The maximum Gasteiger partial charge on any atom is 0.218 e. The van der Waals surface area contributed by atoms with Gasteiger partial charge >= 0.3 is 0 Å². The molecule has 1 N–H and O–H groups in total. The molecule has 1 aromatic rings. The summed E-state index contributed by atoms with van der Waals surface area (Å²) in [7, 11) is 0. The molecule has 124 valence electrons. The average Bonchev–Trinajstić information content (AvgIpc) is 2.50. The second-order valence-electron chi connectivity index (χ2n) is 6.82. The number of rotatable bonds is 7. The minimum absolute atomic E-state index is 0.305. The zero-order valence-electron chi connectivity index (χ0n) is 14.6. The lowest BCUT2D eigenvalue weighted by Gasteiger charge is -2.30. The van der Waals surface area contributed by atoms with Crippen LogP contribution in [0, 0.1) is 5.92 Å². The van der Waals surface area contributed by atoms with Gasteiger partial charge in [0, 0.05) is 18.0 Å². The van der Waals surface area contributed by atoms with Crippen LogP contribution in [-0.2, 0) is 0 Å². The predicted molar refractivity (Wildman–Crippen MR) is 91.6 cm³/mol. The van der Waals surface area contributed by atoms with Gasteiger partial charge in [-0.3, -0.25) is 0 Å². The number of aromatic nitrogens is 2. The van der Waals surface area contributed by atoms with Crippen molar-refractivity contribution in [2.75, 3.05) is 11.9 Å². The first kappa shape index (κ1) is 17.0. The monoisotopic (exact) mass is 305 g/mol. The van der Waals surface area contributed by atoms with Crippen LogP contribution in [0.25, 0.3) is 0 Å². The summed E-state index contributed by atoms with van der Waals surface area (Å²) in [5, 5.41) is 3.63. The summed E-state index contributed by atoms with van der Waals surface area (Å²) in [5.41, 5.74) is 0. The standard InChI is InChI=1S/C18H31N3O/c1-5-6-11-22-17-12-16(20-18(21-17)13(2)3)19-15-10-8-7-9-14(15)4/h12-15H,5-11H2,1-4H3,(H,19,20,21). The molecule has 1 fully saturated rings. The van der Waals surface area contributed by atoms with Crippen molar-refractivity contribution in [1.82, 2.24) is 9.97 Å². The highest BCUT2D eigenvalue weighted by Gasteiger charge is 2.22. The van der Waals surface area contributed by atoms with Crippen molar-refractivity contribution in [2.45, 2.75) is 78.2 Å². The zero-order valence-corrected chi connectivity index (χ0v) is 14.6. The van der Waals surface area contributed by atoms with E-state index in [1.54, 1.807) is 0 Å². The van der Waals surface area contributed by atoms with Gasteiger partial charge in [-0.1, -0.05) is 47.0 Å². The van der Waals surface area contributed by atoms with Gasteiger partial charge in [-0.25, -0.2) is 4.98 Å².